The summed E-state index contributed by atoms with van der Waals surface area (Å²) in [4.78, 5) is 2.51. The summed E-state index contributed by atoms with van der Waals surface area (Å²) in [6.45, 7) is 3.51. The van der Waals surface area contributed by atoms with Gasteiger partial charge in [0.2, 0.25) is 0 Å². The Morgan fingerprint density at radius 3 is 2.58 bits per heavy atom. The lowest BCUT2D eigenvalue weighted by molar-refractivity contribution is 0.271. The molecular formula is C10H21NS. The van der Waals surface area contributed by atoms with Gasteiger partial charge in [0.25, 0.3) is 0 Å². The molecule has 72 valence electrons. The molecular weight excluding hydrogens is 166 g/mol. The van der Waals surface area contributed by atoms with Crippen molar-refractivity contribution in [2.75, 3.05) is 19.3 Å². The first kappa shape index (κ1) is 10.4. The molecule has 1 aliphatic rings. The van der Waals surface area contributed by atoms with Gasteiger partial charge < -0.3 is 4.90 Å². The Bertz CT molecular complexity index is 123. The summed E-state index contributed by atoms with van der Waals surface area (Å²) in [5, 5.41) is 0. The molecule has 0 bridgehead atoms. The largest absolute Gasteiger partial charge is 0.303 e. The van der Waals surface area contributed by atoms with Crippen LogP contribution in [0.4, 0.5) is 0 Å². The second-order valence-corrected chi connectivity index (χ2v) is 4.37. The van der Waals surface area contributed by atoms with Crippen LogP contribution in [0, 0.1) is 5.92 Å². The van der Waals surface area contributed by atoms with Crippen LogP contribution in [0.25, 0.3) is 0 Å². The molecule has 0 aromatic carbocycles. The van der Waals surface area contributed by atoms with E-state index in [4.69, 9.17) is 0 Å². The van der Waals surface area contributed by atoms with Crippen LogP contribution in [0.15, 0.2) is 0 Å². The third-order valence-electron chi connectivity index (χ3n) is 2.67. The molecule has 0 saturated heterocycles. The van der Waals surface area contributed by atoms with Crippen LogP contribution in [0.5, 0.6) is 0 Å². The summed E-state index contributed by atoms with van der Waals surface area (Å²) in [6, 6.07) is 0.907. The van der Waals surface area contributed by atoms with Gasteiger partial charge in [0, 0.05) is 12.6 Å². The van der Waals surface area contributed by atoms with Crippen LogP contribution >= 0.6 is 12.6 Å². The van der Waals surface area contributed by atoms with Crippen molar-refractivity contribution < 1.29 is 0 Å². The van der Waals surface area contributed by atoms with E-state index in [0.29, 0.717) is 0 Å². The molecule has 0 heterocycles. The van der Waals surface area contributed by atoms with Crippen molar-refractivity contribution in [3.05, 3.63) is 0 Å². The molecule has 0 radical (unpaired) electrons. The van der Waals surface area contributed by atoms with Crippen LogP contribution in [0.3, 0.4) is 0 Å². The first-order chi connectivity index (χ1) is 5.77. The molecule has 1 saturated carbocycles. The fourth-order valence-corrected chi connectivity index (χ4v) is 2.02. The molecule has 1 rings (SSSR count). The van der Waals surface area contributed by atoms with Crippen molar-refractivity contribution in [3.63, 3.8) is 0 Å². The van der Waals surface area contributed by atoms with Crippen molar-refractivity contribution in [3.8, 4) is 0 Å². The van der Waals surface area contributed by atoms with E-state index in [1.807, 2.05) is 0 Å². The van der Waals surface area contributed by atoms with E-state index in [9.17, 15) is 0 Å². The average molecular weight is 187 g/mol. The minimum atomic E-state index is 0.809. The highest BCUT2D eigenvalue weighted by molar-refractivity contribution is 7.80. The van der Waals surface area contributed by atoms with Gasteiger partial charge in [0.05, 0.1) is 0 Å². The summed E-state index contributed by atoms with van der Waals surface area (Å²) in [5.74, 6) is 1.86. The molecule has 1 aliphatic carbocycles. The second kappa shape index (κ2) is 5.13. The Kier molecular flexibility index (Phi) is 4.44. The smallest absolute Gasteiger partial charge is 0.00934 e. The molecule has 0 N–H and O–H groups in total. The van der Waals surface area contributed by atoms with E-state index in [1.165, 1.54) is 32.2 Å². The van der Waals surface area contributed by atoms with Gasteiger partial charge in [-0.3, -0.25) is 0 Å². The highest BCUT2D eigenvalue weighted by Gasteiger charge is 2.26. The minimum Gasteiger partial charge on any atom is -0.303 e. The van der Waals surface area contributed by atoms with E-state index in [1.54, 1.807) is 0 Å². The average Bonchev–Trinajstić information content (AvgIpc) is 2.85. The lowest BCUT2D eigenvalue weighted by Crippen LogP contribution is -2.28. The Morgan fingerprint density at radius 2 is 2.17 bits per heavy atom. The van der Waals surface area contributed by atoms with Gasteiger partial charge in [-0.05, 0) is 38.0 Å². The molecule has 12 heavy (non-hydrogen) atoms. The van der Waals surface area contributed by atoms with Crippen molar-refractivity contribution >= 4 is 12.6 Å². The minimum absolute atomic E-state index is 0.809. The number of thiol groups is 1. The fraction of sp³-hybridized carbons (Fsp3) is 1.00. The fourth-order valence-electron chi connectivity index (χ4n) is 1.72. The SMILES string of the molecule is CCCC(CS)CN(C)C1CC1. The first-order valence-electron chi connectivity index (χ1n) is 5.09. The van der Waals surface area contributed by atoms with E-state index >= 15 is 0 Å². The van der Waals surface area contributed by atoms with Crippen LogP contribution < -0.4 is 0 Å². The predicted octanol–water partition coefficient (Wildman–Crippen LogP) is 2.43. The molecule has 0 aliphatic heterocycles. The van der Waals surface area contributed by atoms with Crippen molar-refractivity contribution in [1.29, 1.82) is 0 Å². The summed E-state index contributed by atoms with van der Waals surface area (Å²) in [5.41, 5.74) is 0. The molecule has 0 aromatic heterocycles. The Balaban J connectivity index is 2.15. The lowest BCUT2D eigenvalue weighted by atomic mass is 10.1. The lowest BCUT2D eigenvalue weighted by Gasteiger charge is -2.22. The van der Waals surface area contributed by atoms with Crippen molar-refractivity contribution in [2.45, 2.75) is 38.6 Å². The third kappa shape index (κ3) is 3.36. The quantitative estimate of drug-likeness (QED) is 0.625. The molecule has 0 amide bonds. The van der Waals surface area contributed by atoms with Crippen molar-refractivity contribution in [2.24, 2.45) is 5.92 Å². The normalized spacial score (nSPS) is 20.0. The predicted molar refractivity (Wildman–Crippen MR) is 57.9 cm³/mol. The van der Waals surface area contributed by atoms with Crippen LogP contribution in [-0.4, -0.2) is 30.3 Å². The number of rotatable bonds is 6. The monoisotopic (exact) mass is 187 g/mol. The van der Waals surface area contributed by atoms with Crippen LogP contribution in [0.1, 0.15) is 32.6 Å². The Labute approximate surface area is 81.9 Å². The van der Waals surface area contributed by atoms with E-state index < -0.39 is 0 Å². The summed E-state index contributed by atoms with van der Waals surface area (Å²) in [6.07, 6.45) is 5.47. The van der Waals surface area contributed by atoms with Gasteiger partial charge in [-0.1, -0.05) is 13.3 Å². The maximum atomic E-state index is 4.39. The van der Waals surface area contributed by atoms with Crippen molar-refractivity contribution in [1.82, 2.24) is 4.90 Å². The van der Waals surface area contributed by atoms with Gasteiger partial charge >= 0.3 is 0 Å². The highest BCUT2D eigenvalue weighted by atomic mass is 32.1. The van der Waals surface area contributed by atoms with Gasteiger partial charge in [0.15, 0.2) is 0 Å². The highest BCUT2D eigenvalue weighted by Crippen LogP contribution is 2.26. The maximum absolute atomic E-state index is 4.39. The maximum Gasteiger partial charge on any atom is 0.00934 e. The van der Waals surface area contributed by atoms with E-state index in [0.717, 1.165) is 17.7 Å². The zero-order valence-corrected chi connectivity index (χ0v) is 9.19. The molecule has 1 unspecified atom stereocenters. The molecule has 1 nitrogen and oxygen atoms in total. The Hall–Kier alpha value is 0.310. The van der Waals surface area contributed by atoms with Crippen LogP contribution in [0.2, 0.25) is 0 Å². The topological polar surface area (TPSA) is 3.24 Å². The van der Waals surface area contributed by atoms with Gasteiger partial charge in [-0.2, -0.15) is 12.6 Å². The molecule has 0 aromatic rings. The molecule has 2 heteroatoms. The number of hydrogen-bond acceptors (Lipinski definition) is 2. The van der Waals surface area contributed by atoms with Crippen LogP contribution in [-0.2, 0) is 0 Å². The number of hydrogen-bond donors (Lipinski definition) is 1. The summed E-state index contributed by atoms with van der Waals surface area (Å²) < 4.78 is 0. The zero-order valence-electron chi connectivity index (χ0n) is 8.29. The van der Waals surface area contributed by atoms with Gasteiger partial charge in [0.1, 0.15) is 0 Å². The first-order valence-corrected chi connectivity index (χ1v) is 5.72. The van der Waals surface area contributed by atoms with Gasteiger partial charge in [-0.25, -0.2) is 0 Å². The number of nitrogens with zero attached hydrogens (tertiary/aromatic N) is 1. The molecule has 0 spiro atoms. The molecule has 1 atom stereocenters. The van der Waals surface area contributed by atoms with E-state index in [-0.39, 0.29) is 0 Å². The van der Waals surface area contributed by atoms with E-state index in [2.05, 4.69) is 31.5 Å². The molecule has 1 fully saturated rings. The second-order valence-electron chi connectivity index (χ2n) is 4.01. The standard InChI is InChI=1S/C10H21NS/c1-3-4-9(8-12)7-11(2)10-5-6-10/h9-10,12H,3-8H2,1-2H3. The summed E-state index contributed by atoms with van der Waals surface area (Å²) in [7, 11) is 2.25. The third-order valence-corrected chi connectivity index (χ3v) is 3.19. The Morgan fingerprint density at radius 1 is 1.50 bits per heavy atom. The zero-order chi connectivity index (χ0) is 8.97. The summed E-state index contributed by atoms with van der Waals surface area (Å²) >= 11 is 4.39. The van der Waals surface area contributed by atoms with Gasteiger partial charge in [-0.15, -0.1) is 0 Å².